The summed E-state index contributed by atoms with van der Waals surface area (Å²) in [5.74, 6) is -1.02. The van der Waals surface area contributed by atoms with Crippen LogP contribution in [0.3, 0.4) is 0 Å². The second-order valence-corrected chi connectivity index (χ2v) is 9.59. The molecular formula is C22H41N3O6. The number of carbonyl (C=O) groups is 4. The van der Waals surface area contributed by atoms with Gasteiger partial charge in [-0.2, -0.15) is 0 Å². The highest BCUT2D eigenvalue weighted by Gasteiger charge is 2.33. The molecule has 0 heterocycles. The van der Waals surface area contributed by atoms with Gasteiger partial charge in [0.1, 0.15) is 17.2 Å². The van der Waals surface area contributed by atoms with Crippen molar-refractivity contribution >= 4 is 23.9 Å². The van der Waals surface area contributed by atoms with Gasteiger partial charge in [0.05, 0.1) is 7.11 Å². The molecule has 0 aliphatic carbocycles. The van der Waals surface area contributed by atoms with Crippen LogP contribution in [0.4, 0.5) is 4.79 Å². The fourth-order valence-corrected chi connectivity index (χ4v) is 2.73. The Morgan fingerprint density at radius 3 is 2.06 bits per heavy atom. The van der Waals surface area contributed by atoms with Crippen molar-refractivity contribution in [2.24, 2.45) is 5.92 Å². The van der Waals surface area contributed by atoms with Gasteiger partial charge < -0.3 is 25.4 Å². The molecule has 0 aromatic carbocycles. The van der Waals surface area contributed by atoms with Gasteiger partial charge in [-0.3, -0.25) is 9.59 Å². The number of rotatable bonds is 12. The molecule has 0 unspecified atom stereocenters. The summed E-state index contributed by atoms with van der Waals surface area (Å²) >= 11 is 0. The predicted octanol–water partition coefficient (Wildman–Crippen LogP) is 2.67. The number of alkyl carbamates (subject to hydrolysis) is 1. The number of carbonyl (C=O) groups excluding carboxylic acids is 4. The van der Waals surface area contributed by atoms with Gasteiger partial charge in [0, 0.05) is 13.0 Å². The van der Waals surface area contributed by atoms with Crippen LogP contribution in [0, 0.1) is 5.92 Å². The summed E-state index contributed by atoms with van der Waals surface area (Å²) in [4.78, 5) is 48.3. The lowest BCUT2D eigenvalue weighted by molar-refractivity contribution is -0.146. The monoisotopic (exact) mass is 443 g/mol. The standard InChI is InChI=1S/C22H41N3O6/c1-15(2)14-16(18(27)30-8)24-19(28)22(6,7)25-17(26)12-10-9-11-13-23-20(29)31-21(3,4)5/h15-16H,9-14H2,1-8H3,(H,23,29)(H,24,28)(H,25,26)/t16-/m0/s1. The molecule has 0 bridgehead atoms. The SMILES string of the molecule is COC(=O)[C@H](CC(C)C)NC(=O)C(C)(C)NC(=O)CCCCCNC(=O)OC(C)(C)C. The van der Waals surface area contributed by atoms with Crippen LogP contribution in [-0.2, 0) is 23.9 Å². The number of esters is 1. The molecule has 0 rings (SSSR count). The number of ether oxygens (including phenoxy) is 2. The molecule has 0 saturated heterocycles. The zero-order valence-electron chi connectivity index (χ0n) is 20.3. The van der Waals surface area contributed by atoms with Crippen molar-refractivity contribution in [2.75, 3.05) is 13.7 Å². The molecule has 3 amide bonds. The number of methoxy groups -OCH3 is 1. The quantitative estimate of drug-likeness (QED) is 0.315. The summed E-state index contributed by atoms with van der Waals surface area (Å²) in [6.45, 7) is 12.9. The highest BCUT2D eigenvalue weighted by molar-refractivity contribution is 5.93. The summed E-state index contributed by atoms with van der Waals surface area (Å²) in [7, 11) is 1.28. The Balaban J connectivity index is 4.33. The van der Waals surface area contributed by atoms with Crippen molar-refractivity contribution in [1.82, 2.24) is 16.0 Å². The first-order valence-corrected chi connectivity index (χ1v) is 10.8. The van der Waals surface area contributed by atoms with Crippen LogP contribution < -0.4 is 16.0 Å². The maximum absolute atomic E-state index is 12.6. The van der Waals surface area contributed by atoms with Gasteiger partial charge in [-0.1, -0.05) is 20.3 Å². The van der Waals surface area contributed by atoms with Crippen LogP contribution in [0.5, 0.6) is 0 Å². The molecule has 0 aromatic heterocycles. The molecule has 3 N–H and O–H groups in total. The minimum atomic E-state index is -1.17. The van der Waals surface area contributed by atoms with E-state index >= 15 is 0 Å². The van der Waals surface area contributed by atoms with Gasteiger partial charge >= 0.3 is 12.1 Å². The van der Waals surface area contributed by atoms with Gasteiger partial charge in [0.15, 0.2) is 0 Å². The zero-order valence-corrected chi connectivity index (χ0v) is 20.3. The fraction of sp³-hybridized carbons (Fsp3) is 0.818. The smallest absolute Gasteiger partial charge is 0.407 e. The summed E-state index contributed by atoms with van der Waals surface area (Å²) in [6.07, 6.45) is 2.33. The number of unbranched alkanes of at least 4 members (excludes halogenated alkanes) is 2. The van der Waals surface area contributed by atoms with Crippen molar-refractivity contribution in [2.45, 2.75) is 97.8 Å². The van der Waals surface area contributed by atoms with E-state index in [1.54, 1.807) is 34.6 Å². The fourth-order valence-electron chi connectivity index (χ4n) is 2.73. The van der Waals surface area contributed by atoms with Crippen LogP contribution in [-0.4, -0.2) is 54.7 Å². The second-order valence-electron chi connectivity index (χ2n) is 9.59. The van der Waals surface area contributed by atoms with Crippen molar-refractivity contribution in [3.63, 3.8) is 0 Å². The minimum Gasteiger partial charge on any atom is -0.467 e. The van der Waals surface area contributed by atoms with Crippen LogP contribution >= 0.6 is 0 Å². The lowest BCUT2D eigenvalue weighted by Gasteiger charge is -2.28. The average molecular weight is 444 g/mol. The molecule has 0 aromatic rings. The Kier molecular flexibility index (Phi) is 12.2. The average Bonchev–Trinajstić information content (AvgIpc) is 2.60. The molecule has 1 atom stereocenters. The summed E-state index contributed by atoms with van der Waals surface area (Å²) < 4.78 is 9.91. The Morgan fingerprint density at radius 2 is 1.55 bits per heavy atom. The first-order valence-electron chi connectivity index (χ1n) is 10.8. The normalized spacial score (nSPS) is 12.7. The topological polar surface area (TPSA) is 123 Å². The van der Waals surface area contributed by atoms with Crippen LogP contribution in [0.1, 0.15) is 80.6 Å². The molecule has 0 fully saturated rings. The van der Waals surface area contributed by atoms with E-state index in [-0.39, 0.29) is 18.2 Å². The Morgan fingerprint density at radius 1 is 0.935 bits per heavy atom. The third-order valence-corrected chi connectivity index (χ3v) is 4.27. The number of amides is 3. The Hall–Kier alpha value is -2.32. The third-order valence-electron chi connectivity index (χ3n) is 4.27. The van der Waals surface area contributed by atoms with Crippen LogP contribution in [0.2, 0.25) is 0 Å². The van der Waals surface area contributed by atoms with Crippen molar-refractivity contribution in [3.05, 3.63) is 0 Å². The van der Waals surface area contributed by atoms with Crippen molar-refractivity contribution < 1.29 is 28.7 Å². The van der Waals surface area contributed by atoms with E-state index in [0.29, 0.717) is 25.8 Å². The maximum atomic E-state index is 12.6. The lowest BCUT2D eigenvalue weighted by atomic mass is 10.00. The molecule has 0 aliphatic heterocycles. The first kappa shape index (κ1) is 28.7. The van der Waals surface area contributed by atoms with Crippen molar-refractivity contribution in [1.29, 1.82) is 0 Å². The van der Waals surface area contributed by atoms with Gasteiger partial charge in [0.25, 0.3) is 0 Å². The largest absolute Gasteiger partial charge is 0.467 e. The number of nitrogens with one attached hydrogen (secondary N) is 3. The predicted molar refractivity (Wildman–Crippen MR) is 118 cm³/mol. The summed E-state index contributed by atoms with van der Waals surface area (Å²) in [5.41, 5.74) is -1.70. The van der Waals surface area contributed by atoms with Gasteiger partial charge in [-0.05, 0) is 59.8 Å². The Bertz CT molecular complexity index is 611. The second kappa shape index (κ2) is 13.2. The molecular weight excluding hydrogens is 402 g/mol. The number of hydrogen-bond donors (Lipinski definition) is 3. The van der Waals surface area contributed by atoms with Gasteiger partial charge in [-0.15, -0.1) is 0 Å². The van der Waals surface area contributed by atoms with Crippen molar-refractivity contribution in [3.8, 4) is 0 Å². The lowest BCUT2D eigenvalue weighted by Crippen LogP contribution is -2.58. The molecule has 0 radical (unpaired) electrons. The van der Waals surface area contributed by atoms with E-state index in [1.807, 2.05) is 13.8 Å². The summed E-state index contributed by atoms with van der Waals surface area (Å²) in [5, 5.41) is 8.06. The molecule has 0 spiro atoms. The zero-order chi connectivity index (χ0) is 24.2. The minimum absolute atomic E-state index is 0.187. The molecule has 9 heteroatoms. The summed E-state index contributed by atoms with van der Waals surface area (Å²) in [6, 6.07) is -0.758. The van der Waals surface area contributed by atoms with E-state index in [0.717, 1.165) is 6.42 Å². The highest BCUT2D eigenvalue weighted by atomic mass is 16.6. The molecule has 180 valence electrons. The number of hydrogen-bond acceptors (Lipinski definition) is 6. The highest BCUT2D eigenvalue weighted by Crippen LogP contribution is 2.11. The van der Waals surface area contributed by atoms with E-state index in [9.17, 15) is 19.2 Å². The maximum Gasteiger partial charge on any atom is 0.407 e. The van der Waals surface area contributed by atoms with E-state index in [4.69, 9.17) is 9.47 Å². The van der Waals surface area contributed by atoms with Gasteiger partial charge in [-0.25, -0.2) is 9.59 Å². The van der Waals surface area contributed by atoms with Crippen LogP contribution in [0.25, 0.3) is 0 Å². The van der Waals surface area contributed by atoms with Gasteiger partial charge in [0.2, 0.25) is 11.8 Å². The molecule has 31 heavy (non-hydrogen) atoms. The molecule has 9 nitrogen and oxygen atoms in total. The van der Waals surface area contributed by atoms with E-state index in [2.05, 4.69) is 16.0 Å². The molecule has 0 aliphatic rings. The van der Waals surface area contributed by atoms with E-state index in [1.165, 1.54) is 7.11 Å². The molecule has 0 saturated carbocycles. The first-order chi connectivity index (χ1) is 14.2. The third kappa shape index (κ3) is 13.6. The van der Waals surface area contributed by atoms with Crippen LogP contribution in [0.15, 0.2) is 0 Å². The Labute approximate surface area is 186 Å². The van der Waals surface area contributed by atoms with E-state index < -0.39 is 35.2 Å².